The Morgan fingerprint density at radius 1 is 0.815 bits per heavy atom. The second-order valence-corrected chi connectivity index (χ2v) is 6.01. The van der Waals surface area contributed by atoms with Crippen LogP contribution in [0.5, 0.6) is 5.75 Å². The van der Waals surface area contributed by atoms with Crippen LogP contribution in [0.15, 0.2) is 84.9 Å². The van der Waals surface area contributed by atoms with E-state index < -0.39 is 6.16 Å². The summed E-state index contributed by atoms with van der Waals surface area (Å²) >= 11 is 0. The average Bonchev–Trinajstić information content (AvgIpc) is 2.73. The second-order valence-electron chi connectivity index (χ2n) is 6.01. The number of hydrogen-bond acceptors (Lipinski definition) is 4. The molecule has 0 spiro atoms. The lowest BCUT2D eigenvalue weighted by Crippen LogP contribution is -2.28. The van der Waals surface area contributed by atoms with Crippen molar-refractivity contribution in [2.45, 2.75) is 6.92 Å². The van der Waals surface area contributed by atoms with Gasteiger partial charge in [0.15, 0.2) is 0 Å². The highest BCUT2D eigenvalue weighted by Gasteiger charge is 2.09. The van der Waals surface area contributed by atoms with Crippen molar-refractivity contribution in [1.29, 1.82) is 0 Å². The van der Waals surface area contributed by atoms with Crippen LogP contribution >= 0.6 is 0 Å². The lowest BCUT2D eigenvalue weighted by Gasteiger charge is -2.22. The molecule has 0 aliphatic heterocycles. The highest BCUT2D eigenvalue weighted by atomic mass is 16.7. The van der Waals surface area contributed by atoms with Gasteiger partial charge in [0.2, 0.25) is 0 Å². The van der Waals surface area contributed by atoms with Crippen LogP contribution in [0.2, 0.25) is 0 Å². The quantitative estimate of drug-likeness (QED) is 0.417. The lowest BCUT2D eigenvalue weighted by atomic mass is 10.1. The molecule has 4 heteroatoms. The van der Waals surface area contributed by atoms with Crippen LogP contribution in [-0.4, -0.2) is 25.9 Å². The molecule has 0 bridgehead atoms. The third-order valence-electron chi connectivity index (χ3n) is 4.25. The van der Waals surface area contributed by atoms with Crippen LogP contribution in [0.4, 0.5) is 10.5 Å². The zero-order chi connectivity index (χ0) is 18.9. The summed E-state index contributed by atoms with van der Waals surface area (Å²) in [6.07, 6.45) is -0.688. The molecule has 0 unspecified atom stereocenters. The summed E-state index contributed by atoms with van der Waals surface area (Å²) in [6, 6.07) is 27.5. The smallest absolute Gasteiger partial charge is 0.432 e. The van der Waals surface area contributed by atoms with Crippen molar-refractivity contribution in [3.8, 4) is 16.9 Å². The average molecular weight is 361 g/mol. The maximum absolute atomic E-state index is 11.9. The lowest BCUT2D eigenvalue weighted by molar-refractivity contribution is 0.101. The van der Waals surface area contributed by atoms with Crippen molar-refractivity contribution in [3.63, 3.8) is 0 Å². The van der Waals surface area contributed by atoms with E-state index in [-0.39, 0.29) is 6.61 Å². The fourth-order valence-electron chi connectivity index (χ4n) is 2.82. The first kappa shape index (κ1) is 18.5. The Labute approximate surface area is 160 Å². The summed E-state index contributed by atoms with van der Waals surface area (Å²) in [6.45, 7) is 3.79. The van der Waals surface area contributed by atoms with Gasteiger partial charge in [0.1, 0.15) is 12.4 Å². The highest BCUT2D eigenvalue weighted by Crippen LogP contribution is 2.22. The molecule has 138 valence electrons. The maximum atomic E-state index is 11.9. The summed E-state index contributed by atoms with van der Waals surface area (Å²) in [5, 5.41) is 0. The summed E-state index contributed by atoms with van der Waals surface area (Å²) in [5.74, 6) is 0.468. The van der Waals surface area contributed by atoms with E-state index in [0.29, 0.717) is 12.3 Å². The molecule has 0 heterocycles. The van der Waals surface area contributed by atoms with Crippen molar-refractivity contribution in [2.24, 2.45) is 0 Å². The summed E-state index contributed by atoms with van der Waals surface area (Å²) in [7, 11) is 0. The fourth-order valence-corrected chi connectivity index (χ4v) is 2.82. The van der Waals surface area contributed by atoms with Crippen LogP contribution in [0.3, 0.4) is 0 Å². The number of nitrogens with zero attached hydrogens (tertiary/aromatic N) is 1. The topological polar surface area (TPSA) is 38.8 Å². The van der Waals surface area contributed by atoms with Gasteiger partial charge in [-0.2, -0.15) is 0 Å². The molecule has 0 radical (unpaired) electrons. The van der Waals surface area contributed by atoms with Gasteiger partial charge < -0.3 is 14.4 Å². The molecule has 27 heavy (non-hydrogen) atoms. The Hall–Kier alpha value is -3.27. The number of carbonyl (C=O) groups excluding carboxylic acids is 1. The normalized spacial score (nSPS) is 10.3. The predicted octanol–water partition coefficient (Wildman–Crippen LogP) is 5.40. The van der Waals surface area contributed by atoms with Crippen LogP contribution in [-0.2, 0) is 4.74 Å². The van der Waals surface area contributed by atoms with Gasteiger partial charge in [0, 0.05) is 12.2 Å². The minimum Gasteiger partial charge on any atom is -0.432 e. The van der Waals surface area contributed by atoms with Gasteiger partial charge in [-0.05, 0) is 42.3 Å². The van der Waals surface area contributed by atoms with Crippen LogP contribution < -0.4 is 9.64 Å². The molecule has 0 saturated carbocycles. The summed E-state index contributed by atoms with van der Waals surface area (Å²) < 4.78 is 10.5. The molecule has 0 aromatic heterocycles. The van der Waals surface area contributed by atoms with E-state index in [1.807, 2.05) is 72.8 Å². The molecule has 0 fully saturated rings. The number of para-hydroxylation sites is 1. The Morgan fingerprint density at radius 3 is 2.04 bits per heavy atom. The molecule has 3 aromatic rings. The molecule has 3 aromatic carbocycles. The van der Waals surface area contributed by atoms with E-state index in [1.165, 1.54) is 0 Å². The number of hydrogen-bond donors (Lipinski definition) is 0. The SMILES string of the molecule is CCN(CCOC(=O)Oc1ccc(-c2ccccc2)cc1)c1ccccc1. The van der Waals surface area contributed by atoms with Crippen molar-refractivity contribution in [3.05, 3.63) is 84.9 Å². The van der Waals surface area contributed by atoms with Crippen LogP contribution in [0, 0.1) is 0 Å². The highest BCUT2D eigenvalue weighted by molar-refractivity contribution is 5.67. The summed E-state index contributed by atoms with van der Waals surface area (Å²) in [4.78, 5) is 14.1. The molecular weight excluding hydrogens is 338 g/mol. The number of benzene rings is 3. The monoisotopic (exact) mass is 361 g/mol. The molecule has 0 N–H and O–H groups in total. The van der Waals surface area contributed by atoms with Gasteiger partial charge in [0.25, 0.3) is 0 Å². The molecule has 0 atom stereocenters. The third kappa shape index (κ3) is 5.35. The van der Waals surface area contributed by atoms with E-state index in [4.69, 9.17) is 9.47 Å². The van der Waals surface area contributed by atoms with Gasteiger partial charge >= 0.3 is 6.16 Å². The van der Waals surface area contributed by atoms with Gasteiger partial charge in [-0.1, -0.05) is 60.7 Å². The maximum Gasteiger partial charge on any atom is 0.513 e. The first-order valence-corrected chi connectivity index (χ1v) is 9.06. The van der Waals surface area contributed by atoms with E-state index in [1.54, 1.807) is 12.1 Å². The van der Waals surface area contributed by atoms with Gasteiger partial charge in [-0.15, -0.1) is 0 Å². The van der Waals surface area contributed by atoms with Gasteiger partial charge in [-0.3, -0.25) is 0 Å². The molecule has 3 rings (SSSR count). The van der Waals surface area contributed by atoms with Crippen molar-refractivity contribution in [1.82, 2.24) is 0 Å². The number of ether oxygens (including phenoxy) is 2. The standard InChI is InChI=1S/C23H23NO3/c1-2-24(21-11-7-4-8-12-21)17-18-26-23(25)27-22-15-13-20(14-16-22)19-9-5-3-6-10-19/h3-16H,2,17-18H2,1H3. The van der Waals surface area contributed by atoms with E-state index >= 15 is 0 Å². The van der Waals surface area contributed by atoms with Crippen LogP contribution in [0.1, 0.15) is 6.92 Å². The molecule has 4 nitrogen and oxygen atoms in total. The zero-order valence-corrected chi connectivity index (χ0v) is 15.4. The molecular formula is C23H23NO3. The number of likely N-dealkylation sites (N-methyl/N-ethyl adjacent to an activating group) is 1. The number of carbonyl (C=O) groups is 1. The predicted molar refractivity (Wildman–Crippen MR) is 108 cm³/mol. The second kappa shape index (κ2) is 9.43. The largest absolute Gasteiger partial charge is 0.513 e. The van der Waals surface area contributed by atoms with Crippen LogP contribution in [0.25, 0.3) is 11.1 Å². The number of anilines is 1. The van der Waals surface area contributed by atoms with Crippen molar-refractivity contribution >= 4 is 11.8 Å². The Kier molecular flexibility index (Phi) is 6.47. The van der Waals surface area contributed by atoms with E-state index in [0.717, 1.165) is 23.4 Å². The minimum atomic E-state index is -0.688. The fraction of sp³-hybridized carbons (Fsp3) is 0.174. The molecule has 0 saturated heterocycles. The molecule has 0 aliphatic carbocycles. The van der Waals surface area contributed by atoms with Crippen molar-refractivity contribution in [2.75, 3.05) is 24.6 Å². The number of rotatable bonds is 7. The molecule has 0 amide bonds. The van der Waals surface area contributed by atoms with Crippen molar-refractivity contribution < 1.29 is 14.3 Å². The first-order chi connectivity index (χ1) is 13.3. The summed E-state index contributed by atoms with van der Waals surface area (Å²) in [5.41, 5.74) is 3.29. The Bertz CT molecular complexity index is 833. The van der Waals surface area contributed by atoms with Gasteiger partial charge in [-0.25, -0.2) is 4.79 Å². The Balaban J connectivity index is 1.48. The zero-order valence-electron chi connectivity index (χ0n) is 15.4. The molecule has 0 aliphatic rings. The Morgan fingerprint density at radius 2 is 1.41 bits per heavy atom. The van der Waals surface area contributed by atoms with Gasteiger partial charge in [0.05, 0.1) is 6.54 Å². The van der Waals surface area contributed by atoms with E-state index in [2.05, 4.69) is 11.8 Å². The third-order valence-corrected chi connectivity index (χ3v) is 4.25. The minimum absolute atomic E-state index is 0.268. The first-order valence-electron chi connectivity index (χ1n) is 9.06. The van der Waals surface area contributed by atoms with E-state index in [9.17, 15) is 4.79 Å².